The lowest BCUT2D eigenvalue weighted by Crippen LogP contribution is -2.41. The van der Waals surface area contributed by atoms with Gasteiger partial charge in [0.05, 0.1) is 12.2 Å². The zero-order valence-corrected chi connectivity index (χ0v) is 12.2. The van der Waals surface area contributed by atoms with Crippen LogP contribution in [-0.2, 0) is 21.7 Å². The summed E-state index contributed by atoms with van der Waals surface area (Å²) in [6.07, 6.45) is 0.318. The molecule has 0 aromatic heterocycles. The van der Waals surface area contributed by atoms with Crippen LogP contribution in [-0.4, -0.2) is 17.3 Å². The van der Waals surface area contributed by atoms with Gasteiger partial charge in [-0.25, -0.2) is 4.39 Å². The van der Waals surface area contributed by atoms with E-state index in [4.69, 9.17) is 0 Å². The molecule has 2 aromatic carbocycles. The summed E-state index contributed by atoms with van der Waals surface area (Å²) in [6, 6.07) is 12.9. The Morgan fingerprint density at radius 1 is 1.26 bits per heavy atom. The van der Waals surface area contributed by atoms with Crippen LogP contribution in [0.5, 0.6) is 0 Å². The predicted octanol–water partition coefficient (Wildman–Crippen LogP) is 2.32. The summed E-state index contributed by atoms with van der Waals surface area (Å²) in [5, 5.41) is 10.8. The first-order chi connectivity index (χ1) is 11.0. The Balaban J connectivity index is 2.12. The van der Waals surface area contributed by atoms with Crippen LogP contribution in [0.2, 0.25) is 0 Å². The second kappa shape index (κ2) is 5.44. The van der Waals surface area contributed by atoms with Crippen LogP contribution < -0.4 is 4.90 Å². The van der Waals surface area contributed by atoms with Gasteiger partial charge in [-0.15, -0.1) is 0 Å². The molecular weight excluding hydrogens is 297 g/mol. The quantitative estimate of drug-likeness (QED) is 0.696. The summed E-state index contributed by atoms with van der Waals surface area (Å²) in [5.41, 5.74) is -1.29. The van der Waals surface area contributed by atoms with Gasteiger partial charge in [0, 0.05) is 11.1 Å². The number of aldehydes is 1. The van der Waals surface area contributed by atoms with E-state index in [0.717, 1.165) is 11.6 Å². The summed E-state index contributed by atoms with van der Waals surface area (Å²) < 4.78 is 13.6. The van der Waals surface area contributed by atoms with E-state index in [1.165, 1.54) is 17.0 Å². The van der Waals surface area contributed by atoms with Crippen LogP contribution in [0.4, 0.5) is 10.1 Å². The fourth-order valence-electron chi connectivity index (χ4n) is 2.77. The Morgan fingerprint density at radius 2 is 1.96 bits per heavy atom. The standard InChI is InChI=1S/C18H14FNO3/c1-12(11-21)18(23)15-9-14(19)7-8-16(15)20(17(18)22)10-13-5-3-2-4-6-13/h2-9,11,23H,1,10H2/t18-/m0/s1. The van der Waals surface area contributed by atoms with Crippen molar-refractivity contribution in [1.82, 2.24) is 0 Å². The number of benzene rings is 2. The molecule has 0 bridgehead atoms. The molecule has 0 aliphatic carbocycles. The topological polar surface area (TPSA) is 57.6 Å². The molecule has 1 aliphatic rings. The molecule has 0 unspecified atom stereocenters. The molecule has 4 nitrogen and oxygen atoms in total. The number of carbonyl (C=O) groups excluding carboxylic acids is 2. The van der Waals surface area contributed by atoms with Gasteiger partial charge in [0.2, 0.25) is 0 Å². The third-order valence-corrected chi connectivity index (χ3v) is 3.98. The first-order valence-corrected chi connectivity index (χ1v) is 7.01. The fourth-order valence-corrected chi connectivity index (χ4v) is 2.77. The summed E-state index contributed by atoms with van der Waals surface area (Å²) in [7, 11) is 0. The number of halogens is 1. The number of nitrogens with zero attached hydrogens (tertiary/aromatic N) is 1. The maximum Gasteiger partial charge on any atom is 0.268 e. The van der Waals surface area contributed by atoms with Crippen LogP contribution in [0, 0.1) is 5.82 Å². The van der Waals surface area contributed by atoms with Gasteiger partial charge in [-0.05, 0) is 23.8 Å². The molecule has 0 spiro atoms. The molecule has 1 aliphatic heterocycles. The molecule has 2 aromatic rings. The van der Waals surface area contributed by atoms with Crippen LogP contribution in [0.25, 0.3) is 0 Å². The van der Waals surface area contributed by atoms with E-state index in [1.54, 1.807) is 0 Å². The van der Waals surface area contributed by atoms with Crippen molar-refractivity contribution in [3.8, 4) is 0 Å². The molecular formula is C18H14FNO3. The number of hydrogen-bond acceptors (Lipinski definition) is 3. The average molecular weight is 311 g/mol. The van der Waals surface area contributed by atoms with Crippen molar-refractivity contribution in [2.45, 2.75) is 12.1 Å². The summed E-state index contributed by atoms with van der Waals surface area (Å²) in [6.45, 7) is 3.66. The van der Waals surface area contributed by atoms with E-state index in [9.17, 15) is 19.1 Å². The van der Waals surface area contributed by atoms with Gasteiger partial charge in [-0.2, -0.15) is 0 Å². The third-order valence-electron chi connectivity index (χ3n) is 3.98. The number of amides is 1. The SMILES string of the molecule is C=C(C=O)[C@@]1(O)C(=O)N(Cc2ccccc2)c2ccc(F)cc21. The van der Waals surface area contributed by atoms with Crippen LogP contribution >= 0.6 is 0 Å². The largest absolute Gasteiger partial charge is 0.372 e. The van der Waals surface area contributed by atoms with Gasteiger partial charge >= 0.3 is 0 Å². The first kappa shape index (κ1) is 15.1. The molecule has 0 radical (unpaired) electrons. The number of hydrogen-bond donors (Lipinski definition) is 1. The zero-order chi connectivity index (χ0) is 16.6. The molecule has 1 amide bonds. The van der Waals surface area contributed by atoms with E-state index < -0.39 is 17.3 Å². The molecule has 1 N–H and O–H groups in total. The Labute approximate surface area is 132 Å². The smallest absolute Gasteiger partial charge is 0.268 e. The highest BCUT2D eigenvalue weighted by Crippen LogP contribution is 2.44. The molecule has 0 fully saturated rings. The summed E-state index contributed by atoms with van der Waals surface area (Å²) in [4.78, 5) is 25.1. The number of anilines is 1. The minimum Gasteiger partial charge on any atom is -0.372 e. The Hall–Kier alpha value is -2.79. The van der Waals surface area contributed by atoms with Gasteiger partial charge in [-0.3, -0.25) is 9.59 Å². The minimum absolute atomic E-state index is 0.0375. The minimum atomic E-state index is -2.23. The van der Waals surface area contributed by atoms with Crippen molar-refractivity contribution < 1.29 is 19.1 Å². The van der Waals surface area contributed by atoms with Gasteiger partial charge in [0.25, 0.3) is 5.91 Å². The van der Waals surface area contributed by atoms with Crippen molar-refractivity contribution in [3.05, 3.63) is 77.6 Å². The summed E-state index contributed by atoms with van der Waals surface area (Å²) >= 11 is 0. The van der Waals surface area contributed by atoms with E-state index in [2.05, 4.69) is 6.58 Å². The molecule has 1 heterocycles. The van der Waals surface area contributed by atoms with E-state index in [1.807, 2.05) is 30.3 Å². The van der Waals surface area contributed by atoms with Crippen LogP contribution in [0.1, 0.15) is 11.1 Å². The molecule has 116 valence electrons. The molecule has 0 saturated carbocycles. The van der Waals surface area contributed by atoms with Gasteiger partial charge in [-0.1, -0.05) is 36.9 Å². The van der Waals surface area contributed by atoms with Crippen molar-refractivity contribution in [2.75, 3.05) is 4.90 Å². The van der Waals surface area contributed by atoms with E-state index in [-0.39, 0.29) is 17.7 Å². The second-order valence-corrected chi connectivity index (χ2v) is 5.39. The lowest BCUT2D eigenvalue weighted by Gasteiger charge is -2.22. The lowest BCUT2D eigenvalue weighted by atomic mass is 9.89. The van der Waals surface area contributed by atoms with Gasteiger partial charge in [0.15, 0.2) is 5.60 Å². The number of rotatable bonds is 4. The third kappa shape index (κ3) is 2.26. The Bertz CT molecular complexity index is 803. The van der Waals surface area contributed by atoms with Crippen molar-refractivity contribution in [2.24, 2.45) is 0 Å². The highest BCUT2D eigenvalue weighted by Gasteiger charge is 2.51. The second-order valence-electron chi connectivity index (χ2n) is 5.39. The molecule has 1 atom stereocenters. The maximum atomic E-state index is 13.6. The van der Waals surface area contributed by atoms with Crippen molar-refractivity contribution >= 4 is 17.9 Å². The summed E-state index contributed by atoms with van der Waals surface area (Å²) in [5.74, 6) is -1.31. The zero-order valence-electron chi connectivity index (χ0n) is 12.2. The lowest BCUT2D eigenvalue weighted by molar-refractivity contribution is -0.134. The monoisotopic (exact) mass is 311 g/mol. The van der Waals surface area contributed by atoms with E-state index >= 15 is 0 Å². The molecule has 23 heavy (non-hydrogen) atoms. The number of carbonyl (C=O) groups is 2. The van der Waals surface area contributed by atoms with Gasteiger partial charge < -0.3 is 10.0 Å². The van der Waals surface area contributed by atoms with Crippen LogP contribution in [0.15, 0.2) is 60.7 Å². The van der Waals surface area contributed by atoms with E-state index in [0.29, 0.717) is 12.0 Å². The normalized spacial score (nSPS) is 19.6. The fraction of sp³-hybridized carbons (Fsp3) is 0.111. The number of fused-ring (bicyclic) bond motifs is 1. The highest BCUT2D eigenvalue weighted by atomic mass is 19.1. The molecule has 0 saturated heterocycles. The Morgan fingerprint density at radius 3 is 2.61 bits per heavy atom. The molecule has 3 rings (SSSR count). The van der Waals surface area contributed by atoms with Crippen LogP contribution in [0.3, 0.4) is 0 Å². The molecule has 5 heteroatoms. The Kier molecular flexibility index (Phi) is 3.58. The predicted molar refractivity (Wildman–Crippen MR) is 83.1 cm³/mol. The average Bonchev–Trinajstić information content (AvgIpc) is 2.78. The number of aliphatic hydroxyl groups is 1. The van der Waals surface area contributed by atoms with Crippen molar-refractivity contribution in [1.29, 1.82) is 0 Å². The highest BCUT2D eigenvalue weighted by molar-refractivity contribution is 6.11. The first-order valence-electron chi connectivity index (χ1n) is 7.01. The van der Waals surface area contributed by atoms with Crippen molar-refractivity contribution in [3.63, 3.8) is 0 Å². The maximum absolute atomic E-state index is 13.6. The van der Waals surface area contributed by atoms with Gasteiger partial charge in [0.1, 0.15) is 12.1 Å².